The number of hydrogen-bond donors (Lipinski definition) is 1. The van der Waals surface area contributed by atoms with Crippen LogP contribution in [0.3, 0.4) is 0 Å². The third kappa shape index (κ3) is 5.62. The number of ether oxygens (including phenoxy) is 2. The van der Waals surface area contributed by atoms with Crippen molar-refractivity contribution in [2.75, 3.05) is 19.8 Å². The molecule has 0 radical (unpaired) electrons. The van der Waals surface area contributed by atoms with Crippen molar-refractivity contribution in [3.05, 3.63) is 99.8 Å². The zero-order chi connectivity index (χ0) is 26.5. The highest BCUT2D eigenvalue weighted by molar-refractivity contribution is 6.46. The Morgan fingerprint density at radius 1 is 0.973 bits per heavy atom. The van der Waals surface area contributed by atoms with Gasteiger partial charge in [-0.1, -0.05) is 35.9 Å². The number of halogens is 2. The van der Waals surface area contributed by atoms with Gasteiger partial charge in [0, 0.05) is 17.6 Å². The van der Waals surface area contributed by atoms with Gasteiger partial charge >= 0.3 is 0 Å². The quantitative estimate of drug-likeness (QED) is 0.213. The smallest absolute Gasteiger partial charge is 0.295 e. The van der Waals surface area contributed by atoms with Gasteiger partial charge in [-0.3, -0.25) is 9.59 Å². The first-order valence-corrected chi connectivity index (χ1v) is 12.4. The number of aliphatic hydroxyl groups excluding tert-OH is 1. The van der Waals surface area contributed by atoms with E-state index in [2.05, 4.69) is 0 Å². The normalized spacial score (nSPS) is 16.8. The minimum absolute atomic E-state index is 0.0853. The lowest BCUT2D eigenvalue weighted by Crippen LogP contribution is -2.31. The first-order chi connectivity index (χ1) is 17.8. The van der Waals surface area contributed by atoms with E-state index in [9.17, 15) is 19.1 Å². The highest BCUT2D eigenvalue weighted by Crippen LogP contribution is 2.41. The van der Waals surface area contributed by atoms with E-state index in [0.29, 0.717) is 41.7 Å². The van der Waals surface area contributed by atoms with E-state index >= 15 is 0 Å². The Hall–Kier alpha value is -3.84. The predicted molar refractivity (Wildman–Crippen MR) is 139 cm³/mol. The molecule has 0 aliphatic carbocycles. The van der Waals surface area contributed by atoms with Crippen molar-refractivity contribution < 1.29 is 28.6 Å². The summed E-state index contributed by atoms with van der Waals surface area (Å²) in [6, 6.07) is 16.7. The minimum Gasteiger partial charge on any atom is -0.507 e. The highest BCUT2D eigenvalue weighted by Gasteiger charge is 2.46. The average Bonchev–Trinajstić information content (AvgIpc) is 3.14. The van der Waals surface area contributed by atoms with E-state index in [4.69, 9.17) is 21.1 Å². The zero-order valence-corrected chi connectivity index (χ0v) is 21.3. The number of nitrogens with zero attached hydrogens (tertiary/aromatic N) is 1. The molecular weight excluding hydrogens is 497 g/mol. The Labute approximate surface area is 219 Å². The van der Waals surface area contributed by atoms with E-state index in [1.54, 1.807) is 37.3 Å². The molecular formula is C29H27ClFNO5. The van der Waals surface area contributed by atoms with Crippen molar-refractivity contribution in [3.63, 3.8) is 0 Å². The standard InChI is InChI=1S/C29H27ClFNO5/c1-3-36-22-13-14-23(24(17-22)37-4-2)27(33)25-26(19-7-11-21(31)12-8-19)32(29(35)28(25)34)16-15-18-5-9-20(30)10-6-18/h5-14,17,26,33H,3-4,15-16H2,1-2H3/b27-25-. The summed E-state index contributed by atoms with van der Waals surface area (Å²) in [6.07, 6.45) is 0.454. The van der Waals surface area contributed by atoms with Crippen LogP contribution in [-0.4, -0.2) is 41.5 Å². The van der Waals surface area contributed by atoms with Gasteiger partial charge in [-0.2, -0.15) is 0 Å². The van der Waals surface area contributed by atoms with E-state index in [0.717, 1.165) is 5.56 Å². The summed E-state index contributed by atoms with van der Waals surface area (Å²) in [6.45, 7) is 4.60. The van der Waals surface area contributed by atoms with Crippen molar-refractivity contribution in [1.29, 1.82) is 0 Å². The Kier molecular flexibility index (Phi) is 8.14. The molecule has 1 atom stereocenters. The zero-order valence-electron chi connectivity index (χ0n) is 20.5. The van der Waals surface area contributed by atoms with Gasteiger partial charge in [-0.25, -0.2) is 4.39 Å². The van der Waals surface area contributed by atoms with Crippen LogP contribution in [0.15, 0.2) is 72.3 Å². The SMILES string of the molecule is CCOc1ccc(/C(O)=C2/C(=O)C(=O)N(CCc3ccc(Cl)cc3)C2c2ccc(F)cc2)c(OCC)c1. The molecule has 0 aromatic heterocycles. The van der Waals surface area contributed by atoms with Gasteiger partial charge < -0.3 is 19.5 Å². The molecule has 192 valence electrons. The second-order valence-electron chi connectivity index (χ2n) is 8.44. The van der Waals surface area contributed by atoms with Gasteiger partial charge in [0.25, 0.3) is 11.7 Å². The fraction of sp³-hybridized carbons (Fsp3) is 0.241. The Morgan fingerprint density at radius 2 is 1.65 bits per heavy atom. The molecule has 1 aliphatic rings. The van der Waals surface area contributed by atoms with Gasteiger partial charge in [-0.05, 0) is 67.8 Å². The summed E-state index contributed by atoms with van der Waals surface area (Å²) in [5.41, 5.74) is 1.60. The van der Waals surface area contributed by atoms with Crippen LogP contribution in [0, 0.1) is 5.82 Å². The molecule has 1 fully saturated rings. The lowest BCUT2D eigenvalue weighted by Gasteiger charge is -2.25. The number of aliphatic hydroxyl groups is 1. The first kappa shape index (κ1) is 26.2. The molecule has 0 saturated carbocycles. The summed E-state index contributed by atoms with van der Waals surface area (Å²) in [7, 11) is 0. The maximum absolute atomic E-state index is 13.7. The summed E-state index contributed by atoms with van der Waals surface area (Å²) in [4.78, 5) is 27.9. The van der Waals surface area contributed by atoms with Crippen molar-refractivity contribution >= 4 is 29.1 Å². The molecule has 1 heterocycles. The molecule has 4 rings (SSSR count). The van der Waals surface area contributed by atoms with Crippen LogP contribution in [0.4, 0.5) is 4.39 Å². The Bertz CT molecular complexity index is 1320. The fourth-order valence-corrected chi connectivity index (χ4v) is 4.50. The van der Waals surface area contributed by atoms with Gasteiger partial charge in [-0.15, -0.1) is 0 Å². The second kappa shape index (κ2) is 11.5. The minimum atomic E-state index is -0.908. The average molecular weight is 524 g/mol. The third-order valence-electron chi connectivity index (χ3n) is 6.10. The van der Waals surface area contributed by atoms with Gasteiger partial charge in [0.05, 0.1) is 30.4 Å². The molecule has 0 bridgehead atoms. The van der Waals surface area contributed by atoms with Gasteiger partial charge in [0.2, 0.25) is 0 Å². The number of benzene rings is 3. The number of ketones is 1. The van der Waals surface area contributed by atoms with E-state index < -0.39 is 23.5 Å². The number of amides is 1. The Morgan fingerprint density at radius 3 is 2.30 bits per heavy atom. The van der Waals surface area contributed by atoms with Crippen molar-refractivity contribution in [2.45, 2.75) is 26.3 Å². The first-order valence-electron chi connectivity index (χ1n) is 12.0. The molecule has 8 heteroatoms. The molecule has 1 unspecified atom stereocenters. The summed E-state index contributed by atoms with van der Waals surface area (Å²) >= 11 is 5.98. The molecule has 1 N–H and O–H groups in total. The molecule has 1 aliphatic heterocycles. The van der Waals surface area contributed by atoms with Crippen molar-refractivity contribution in [1.82, 2.24) is 4.90 Å². The van der Waals surface area contributed by atoms with Crippen LogP contribution in [0.5, 0.6) is 11.5 Å². The number of hydrogen-bond acceptors (Lipinski definition) is 5. The van der Waals surface area contributed by atoms with Gasteiger partial charge in [0.1, 0.15) is 23.1 Å². The number of Topliss-reactive ketones (excluding diaryl/α,β-unsaturated/α-hetero) is 1. The van der Waals surface area contributed by atoms with E-state index in [-0.39, 0.29) is 23.4 Å². The van der Waals surface area contributed by atoms with E-state index in [1.807, 2.05) is 19.1 Å². The van der Waals surface area contributed by atoms with Crippen LogP contribution in [-0.2, 0) is 16.0 Å². The van der Waals surface area contributed by atoms with Crippen LogP contribution < -0.4 is 9.47 Å². The van der Waals surface area contributed by atoms with Crippen molar-refractivity contribution in [3.8, 4) is 11.5 Å². The number of carbonyl (C=O) groups excluding carboxylic acids is 2. The van der Waals surface area contributed by atoms with E-state index in [1.165, 1.54) is 29.2 Å². The van der Waals surface area contributed by atoms with Crippen LogP contribution in [0.2, 0.25) is 5.02 Å². The lowest BCUT2D eigenvalue weighted by atomic mass is 9.94. The molecule has 3 aromatic rings. The molecule has 6 nitrogen and oxygen atoms in total. The largest absolute Gasteiger partial charge is 0.507 e. The maximum atomic E-state index is 13.7. The monoisotopic (exact) mass is 523 g/mol. The second-order valence-corrected chi connectivity index (χ2v) is 8.88. The number of carbonyl (C=O) groups is 2. The summed E-state index contributed by atoms with van der Waals surface area (Å²) < 4.78 is 25.0. The molecule has 1 saturated heterocycles. The predicted octanol–water partition coefficient (Wildman–Crippen LogP) is 5.94. The van der Waals surface area contributed by atoms with Gasteiger partial charge in [0.15, 0.2) is 0 Å². The molecule has 37 heavy (non-hydrogen) atoms. The lowest BCUT2D eigenvalue weighted by molar-refractivity contribution is -0.139. The van der Waals surface area contributed by atoms with Crippen molar-refractivity contribution in [2.24, 2.45) is 0 Å². The summed E-state index contributed by atoms with van der Waals surface area (Å²) in [5, 5.41) is 12.0. The number of rotatable bonds is 9. The maximum Gasteiger partial charge on any atom is 0.295 e. The third-order valence-corrected chi connectivity index (χ3v) is 6.35. The number of likely N-dealkylation sites (tertiary alicyclic amines) is 1. The summed E-state index contributed by atoms with van der Waals surface area (Å²) in [5.74, 6) is -1.52. The molecule has 3 aromatic carbocycles. The molecule has 0 spiro atoms. The van der Waals surface area contributed by atoms with Crippen LogP contribution in [0.1, 0.15) is 36.6 Å². The van der Waals surface area contributed by atoms with Crippen LogP contribution in [0.25, 0.3) is 5.76 Å². The molecule has 1 amide bonds. The Balaban J connectivity index is 1.80. The highest BCUT2D eigenvalue weighted by atomic mass is 35.5. The topological polar surface area (TPSA) is 76.1 Å². The fourth-order valence-electron chi connectivity index (χ4n) is 4.38. The van der Waals surface area contributed by atoms with Crippen LogP contribution >= 0.6 is 11.6 Å².